The van der Waals surface area contributed by atoms with E-state index >= 15 is 0 Å². The maximum atomic E-state index is 13.6. The molecule has 2 atom stereocenters. The van der Waals surface area contributed by atoms with Gasteiger partial charge < -0.3 is 5.32 Å². The number of hydrogen-bond acceptors (Lipinski definition) is 2. The van der Waals surface area contributed by atoms with Crippen LogP contribution in [0.3, 0.4) is 0 Å². The molecule has 1 aromatic carbocycles. The van der Waals surface area contributed by atoms with E-state index < -0.39 is 5.82 Å². The molecule has 2 unspecified atom stereocenters. The summed E-state index contributed by atoms with van der Waals surface area (Å²) in [6.07, 6.45) is 2.45. The van der Waals surface area contributed by atoms with Crippen LogP contribution in [0.5, 0.6) is 0 Å². The van der Waals surface area contributed by atoms with Crippen molar-refractivity contribution in [2.45, 2.75) is 38.8 Å². The second-order valence-corrected chi connectivity index (χ2v) is 6.10. The van der Waals surface area contributed by atoms with Gasteiger partial charge in [0.15, 0.2) is 0 Å². The molecule has 1 aromatic rings. The van der Waals surface area contributed by atoms with Gasteiger partial charge in [0.2, 0.25) is 0 Å². The molecule has 20 heavy (non-hydrogen) atoms. The lowest BCUT2D eigenvalue weighted by Gasteiger charge is -2.25. The first kappa shape index (κ1) is 16.0. The third-order valence-electron chi connectivity index (χ3n) is 4.08. The van der Waals surface area contributed by atoms with Gasteiger partial charge >= 0.3 is 0 Å². The predicted molar refractivity (Wildman–Crippen MR) is 83.1 cm³/mol. The second kappa shape index (κ2) is 7.08. The quantitative estimate of drug-likeness (QED) is 0.816. The predicted octanol–water partition coefficient (Wildman–Crippen LogP) is 4.27. The maximum absolute atomic E-state index is 13.6. The van der Waals surface area contributed by atoms with E-state index in [1.54, 1.807) is 6.07 Å². The van der Waals surface area contributed by atoms with Gasteiger partial charge in [0, 0.05) is 29.2 Å². The number of nitrogens with one attached hydrogen (secondary N) is 1. The van der Waals surface area contributed by atoms with Crippen LogP contribution in [0.1, 0.15) is 38.3 Å². The zero-order chi connectivity index (χ0) is 14.7. The monoisotopic (exact) mass is 318 g/mol. The minimum Gasteiger partial charge on any atom is -0.309 e. The van der Waals surface area contributed by atoms with E-state index in [1.165, 1.54) is 25.5 Å². The number of hydrogen-bond donors (Lipinski definition) is 1. The molecule has 0 aliphatic carbocycles. The highest BCUT2D eigenvalue weighted by atomic mass is 35.5. The fraction of sp³-hybridized carbons (Fsp3) is 0.600. The first-order valence-corrected chi connectivity index (χ1v) is 7.91. The average Bonchev–Trinajstić information content (AvgIpc) is 2.88. The molecule has 1 fully saturated rings. The van der Waals surface area contributed by atoms with Crippen LogP contribution in [0.2, 0.25) is 10.0 Å². The lowest BCUT2D eigenvalue weighted by molar-refractivity contribution is 0.255. The van der Waals surface area contributed by atoms with Crippen LogP contribution >= 0.6 is 23.2 Å². The lowest BCUT2D eigenvalue weighted by Crippen LogP contribution is -2.38. The van der Waals surface area contributed by atoms with Crippen molar-refractivity contribution in [3.8, 4) is 0 Å². The minimum absolute atomic E-state index is 0.0648. The zero-order valence-electron chi connectivity index (χ0n) is 11.9. The summed E-state index contributed by atoms with van der Waals surface area (Å²) in [6.45, 7) is 7.26. The molecule has 112 valence electrons. The summed E-state index contributed by atoms with van der Waals surface area (Å²) in [4.78, 5) is 2.47. The highest BCUT2D eigenvalue weighted by Crippen LogP contribution is 2.32. The summed E-state index contributed by atoms with van der Waals surface area (Å²) in [5.41, 5.74) is 0.648. The molecule has 1 N–H and O–H groups in total. The van der Waals surface area contributed by atoms with Gasteiger partial charge in [-0.05, 0) is 45.0 Å². The van der Waals surface area contributed by atoms with E-state index in [9.17, 15) is 4.39 Å². The summed E-state index contributed by atoms with van der Waals surface area (Å²) in [6, 6.07) is 3.35. The normalized spacial score (nSPS) is 21.4. The first-order chi connectivity index (χ1) is 9.54. The molecular weight excluding hydrogens is 298 g/mol. The van der Waals surface area contributed by atoms with E-state index in [2.05, 4.69) is 17.1 Å². The molecule has 1 aliphatic heterocycles. The second-order valence-electron chi connectivity index (χ2n) is 5.31. The smallest absolute Gasteiger partial charge is 0.142 e. The molecule has 0 spiro atoms. The van der Waals surface area contributed by atoms with Crippen LogP contribution < -0.4 is 5.32 Å². The Labute approximate surface area is 130 Å². The van der Waals surface area contributed by atoms with Crippen molar-refractivity contribution < 1.29 is 4.39 Å². The summed E-state index contributed by atoms with van der Waals surface area (Å²) < 4.78 is 13.6. The van der Waals surface area contributed by atoms with Crippen LogP contribution in [0.15, 0.2) is 12.1 Å². The van der Waals surface area contributed by atoms with Crippen molar-refractivity contribution in [1.29, 1.82) is 0 Å². The van der Waals surface area contributed by atoms with Gasteiger partial charge in [0.1, 0.15) is 5.82 Å². The molecule has 1 saturated heterocycles. The maximum Gasteiger partial charge on any atom is 0.142 e. The zero-order valence-corrected chi connectivity index (χ0v) is 13.4. The van der Waals surface area contributed by atoms with E-state index in [0.717, 1.165) is 13.1 Å². The summed E-state index contributed by atoms with van der Waals surface area (Å²) >= 11 is 12.2. The molecule has 0 aromatic heterocycles. The Hall–Kier alpha value is -0.350. The average molecular weight is 319 g/mol. The molecule has 2 rings (SSSR count). The Morgan fingerprint density at radius 3 is 2.90 bits per heavy atom. The minimum atomic E-state index is -0.421. The van der Waals surface area contributed by atoms with Crippen molar-refractivity contribution >= 4 is 23.2 Å². The van der Waals surface area contributed by atoms with Crippen molar-refractivity contribution in [3.63, 3.8) is 0 Å². The van der Waals surface area contributed by atoms with Crippen molar-refractivity contribution in [3.05, 3.63) is 33.6 Å². The number of benzene rings is 1. The highest BCUT2D eigenvalue weighted by molar-refractivity contribution is 6.36. The van der Waals surface area contributed by atoms with Gasteiger partial charge in [-0.1, -0.05) is 30.1 Å². The summed E-state index contributed by atoms with van der Waals surface area (Å²) in [5, 5.41) is 4.07. The van der Waals surface area contributed by atoms with Gasteiger partial charge in [-0.2, -0.15) is 0 Å². The van der Waals surface area contributed by atoms with E-state index in [-0.39, 0.29) is 11.1 Å². The van der Waals surface area contributed by atoms with Crippen molar-refractivity contribution in [2.24, 2.45) is 0 Å². The molecule has 0 saturated carbocycles. The number of rotatable bonds is 5. The highest BCUT2D eigenvalue weighted by Gasteiger charge is 2.24. The molecule has 1 aliphatic rings. The molecule has 0 bridgehead atoms. The summed E-state index contributed by atoms with van der Waals surface area (Å²) in [7, 11) is 0. The number of nitrogens with zero attached hydrogens (tertiary/aromatic N) is 1. The fourth-order valence-electron chi connectivity index (χ4n) is 2.90. The summed E-state index contributed by atoms with van der Waals surface area (Å²) in [5.74, 6) is -0.421. The van der Waals surface area contributed by atoms with Crippen LogP contribution in [0.4, 0.5) is 4.39 Å². The Morgan fingerprint density at radius 2 is 2.20 bits per heavy atom. The fourth-order valence-corrected chi connectivity index (χ4v) is 3.60. The molecular formula is C15H21Cl2FN2. The SMILES string of the molecule is CCN1CCCC1CNC(C)c1c(Cl)ccc(F)c1Cl. The van der Waals surface area contributed by atoms with Gasteiger partial charge in [-0.15, -0.1) is 0 Å². The number of likely N-dealkylation sites (N-methyl/N-ethyl adjacent to an activating group) is 1. The molecule has 5 heteroatoms. The van der Waals surface area contributed by atoms with Crippen LogP contribution in [0, 0.1) is 5.82 Å². The topological polar surface area (TPSA) is 15.3 Å². The van der Waals surface area contributed by atoms with Gasteiger partial charge in [-0.3, -0.25) is 4.90 Å². The van der Waals surface area contributed by atoms with E-state index in [1.807, 2.05) is 6.92 Å². The molecule has 1 heterocycles. The molecule has 2 nitrogen and oxygen atoms in total. The van der Waals surface area contributed by atoms with Gasteiger partial charge in [-0.25, -0.2) is 4.39 Å². The Bertz CT molecular complexity index is 467. The first-order valence-electron chi connectivity index (χ1n) is 7.15. The number of likely N-dealkylation sites (tertiary alicyclic amines) is 1. The van der Waals surface area contributed by atoms with Crippen molar-refractivity contribution in [2.75, 3.05) is 19.6 Å². The Morgan fingerprint density at radius 1 is 1.45 bits per heavy atom. The lowest BCUT2D eigenvalue weighted by atomic mass is 10.1. The van der Waals surface area contributed by atoms with Crippen LogP contribution in [-0.2, 0) is 0 Å². The van der Waals surface area contributed by atoms with Crippen LogP contribution in [-0.4, -0.2) is 30.6 Å². The van der Waals surface area contributed by atoms with Gasteiger partial charge in [0.05, 0.1) is 5.02 Å². The van der Waals surface area contributed by atoms with E-state index in [0.29, 0.717) is 16.6 Å². The van der Waals surface area contributed by atoms with Crippen molar-refractivity contribution in [1.82, 2.24) is 10.2 Å². The Kier molecular flexibility index (Phi) is 5.67. The third-order valence-corrected chi connectivity index (χ3v) is 4.79. The standard InChI is InChI=1S/C15H21Cl2FN2/c1-3-20-8-4-5-11(20)9-19-10(2)14-12(16)6-7-13(18)15(14)17/h6-7,10-11,19H,3-5,8-9H2,1-2H3. The van der Waals surface area contributed by atoms with E-state index in [4.69, 9.17) is 23.2 Å². The third kappa shape index (κ3) is 3.45. The van der Waals surface area contributed by atoms with Gasteiger partial charge in [0.25, 0.3) is 0 Å². The molecule has 0 radical (unpaired) electrons. The number of halogens is 3. The largest absolute Gasteiger partial charge is 0.309 e. The Balaban J connectivity index is 2.02. The molecule has 0 amide bonds. The van der Waals surface area contributed by atoms with Crippen LogP contribution in [0.25, 0.3) is 0 Å².